The van der Waals surface area contributed by atoms with Gasteiger partial charge < -0.3 is 10.1 Å². The van der Waals surface area contributed by atoms with Crippen molar-refractivity contribution in [2.45, 2.75) is 43.9 Å². The zero-order chi connectivity index (χ0) is 18.7. The Morgan fingerprint density at radius 1 is 1.19 bits per heavy atom. The second-order valence-electron chi connectivity index (χ2n) is 6.89. The second-order valence-corrected chi connectivity index (χ2v) is 9.11. The van der Waals surface area contributed by atoms with E-state index in [9.17, 15) is 17.6 Å². The molecule has 6 nitrogen and oxygen atoms in total. The first kappa shape index (κ1) is 19.3. The highest BCUT2D eigenvalue weighted by Gasteiger charge is 2.35. The van der Waals surface area contributed by atoms with Crippen molar-refractivity contribution in [1.82, 2.24) is 4.31 Å². The molecular formula is C18H25FN2O4S. The Morgan fingerprint density at radius 3 is 2.46 bits per heavy atom. The number of nitrogens with one attached hydrogen (secondary N) is 1. The molecule has 8 heteroatoms. The minimum atomic E-state index is -3.30. The van der Waals surface area contributed by atoms with Crippen molar-refractivity contribution in [3.05, 3.63) is 29.6 Å². The highest BCUT2D eigenvalue weighted by molar-refractivity contribution is 7.89. The summed E-state index contributed by atoms with van der Waals surface area (Å²) in [6, 6.07) is 4.53. The molecule has 0 saturated carbocycles. The van der Waals surface area contributed by atoms with Crippen LogP contribution in [0.15, 0.2) is 18.2 Å². The van der Waals surface area contributed by atoms with Crippen LogP contribution in [0.3, 0.4) is 0 Å². The normalized spacial score (nSPS) is 20.8. The molecule has 0 atom stereocenters. The number of nitrogens with zero attached hydrogens (tertiary/aromatic N) is 1. The van der Waals surface area contributed by atoms with E-state index < -0.39 is 15.8 Å². The molecule has 2 fully saturated rings. The molecule has 1 aromatic carbocycles. The molecule has 144 valence electrons. The molecule has 2 saturated heterocycles. The summed E-state index contributed by atoms with van der Waals surface area (Å²) >= 11 is 0. The Labute approximate surface area is 153 Å². The summed E-state index contributed by atoms with van der Waals surface area (Å²) in [6.45, 7) is 3.20. The summed E-state index contributed by atoms with van der Waals surface area (Å²) in [7, 11) is -3.30. The van der Waals surface area contributed by atoms with Crippen LogP contribution in [-0.2, 0) is 14.8 Å². The number of carbonyl (C=O) groups is 1. The van der Waals surface area contributed by atoms with E-state index in [0.29, 0.717) is 57.7 Å². The fourth-order valence-corrected chi connectivity index (χ4v) is 5.59. The van der Waals surface area contributed by atoms with Crippen LogP contribution in [0.25, 0.3) is 0 Å². The molecule has 0 bridgehead atoms. The number of benzene rings is 1. The quantitative estimate of drug-likeness (QED) is 0.789. The zero-order valence-electron chi connectivity index (χ0n) is 14.9. The third-order valence-corrected chi connectivity index (χ3v) is 7.53. The molecule has 0 amide bonds. The van der Waals surface area contributed by atoms with Gasteiger partial charge in [-0.15, -0.1) is 0 Å². The zero-order valence-corrected chi connectivity index (χ0v) is 15.7. The van der Waals surface area contributed by atoms with Crippen molar-refractivity contribution < 1.29 is 22.3 Å². The van der Waals surface area contributed by atoms with Crippen molar-refractivity contribution in [1.29, 1.82) is 0 Å². The lowest BCUT2D eigenvalue weighted by molar-refractivity contribution is 0.0969. The van der Waals surface area contributed by atoms with Gasteiger partial charge in [0.25, 0.3) is 0 Å². The summed E-state index contributed by atoms with van der Waals surface area (Å²) in [6.07, 6.45) is 2.34. The Morgan fingerprint density at radius 2 is 1.85 bits per heavy atom. The van der Waals surface area contributed by atoms with Crippen molar-refractivity contribution in [3.8, 4) is 0 Å². The molecule has 2 heterocycles. The highest BCUT2D eigenvalue weighted by atomic mass is 32.2. The number of Topliss-reactive ketones (excluding diaryl/α,β-unsaturated/α-hetero) is 1. The molecule has 0 spiro atoms. The van der Waals surface area contributed by atoms with Crippen molar-refractivity contribution in [3.63, 3.8) is 0 Å². The third-order valence-electron chi connectivity index (χ3n) is 5.13. The van der Waals surface area contributed by atoms with Gasteiger partial charge in [0.1, 0.15) is 5.82 Å². The number of ketones is 1. The van der Waals surface area contributed by atoms with Crippen LogP contribution in [0.1, 0.15) is 43.0 Å². The van der Waals surface area contributed by atoms with E-state index in [0.717, 1.165) is 0 Å². The molecule has 0 radical (unpaired) electrons. The molecule has 0 unspecified atom stereocenters. The van der Waals surface area contributed by atoms with Gasteiger partial charge >= 0.3 is 0 Å². The van der Waals surface area contributed by atoms with E-state index in [4.69, 9.17) is 4.74 Å². The Bertz CT molecular complexity index is 754. The van der Waals surface area contributed by atoms with Gasteiger partial charge in [-0.1, -0.05) is 6.07 Å². The van der Waals surface area contributed by atoms with Crippen LogP contribution < -0.4 is 5.32 Å². The molecule has 2 aliphatic heterocycles. The number of ether oxygens (including phenoxy) is 1. The topological polar surface area (TPSA) is 75.7 Å². The molecule has 0 aliphatic carbocycles. The molecule has 1 aromatic rings. The van der Waals surface area contributed by atoms with E-state index >= 15 is 0 Å². The first-order valence-electron chi connectivity index (χ1n) is 9.02. The number of halogens is 1. The Balaban J connectivity index is 1.63. The molecule has 2 aliphatic rings. The lowest BCUT2D eigenvalue weighted by Gasteiger charge is -2.35. The van der Waals surface area contributed by atoms with Crippen molar-refractivity contribution >= 4 is 21.5 Å². The molecule has 0 aromatic heterocycles. The summed E-state index contributed by atoms with van der Waals surface area (Å²) < 4.78 is 46.2. The third kappa shape index (κ3) is 4.07. The molecule has 1 N–H and O–H groups in total. The van der Waals surface area contributed by atoms with Gasteiger partial charge in [-0.25, -0.2) is 17.1 Å². The average molecular weight is 384 g/mol. The minimum Gasteiger partial charge on any atom is -0.382 e. The van der Waals surface area contributed by atoms with E-state index in [-0.39, 0.29) is 22.6 Å². The summed E-state index contributed by atoms with van der Waals surface area (Å²) in [5.74, 6) is -0.868. The van der Waals surface area contributed by atoms with Gasteiger partial charge in [0.15, 0.2) is 5.78 Å². The average Bonchev–Trinajstić information content (AvgIpc) is 2.63. The number of hydrogen-bond acceptors (Lipinski definition) is 5. The fraction of sp³-hybridized carbons (Fsp3) is 0.611. The number of carbonyl (C=O) groups excluding carboxylic acids is 1. The monoisotopic (exact) mass is 384 g/mol. The maximum Gasteiger partial charge on any atom is 0.217 e. The summed E-state index contributed by atoms with van der Waals surface area (Å²) in [5.41, 5.74) is 0.535. The minimum absolute atomic E-state index is 0.0102. The van der Waals surface area contributed by atoms with Gasteiger partial charge in [-0.3, -0.25) is 4.79 Å². The maximum absolute atomic E-state index is 13.9. The van der Waals surface area contributed by atoms with Crippen LogP contribution >= 0.6 is 0 Å². The lowest BCUT2D eigenvalue weighted by atomic mass is 10.0. The van der Waals surface area contributed by atoms with Gasteiger partial charge in [-0.2, -0.15) is 0 Å². The molecule has 26 heavy (non-hydrogen) atoms. The van der Waals surface area contributed by atoms with Gasteiger partial charge in [0.05, 0.1) is 10.8 Å². The highest BCUT2D eigenvalue weighted by Crippen LogP contribution is 2.26. The van der Waals surface area contributed by atoms with Crippen molar-refractivity contribution in [2.75, 3.05) is 31.6 Å². The first-order chi connectivity index (χ1) is 12.4. The maximum atomic E-state index is 13.9. The summed E-state index contributed by atoms with van der Waals surface area (Å²) in [4.78, 5) is 11.7. The number of piperidine rings is 1. The van der Waals surface area contributed by atoms with Crippen LogP contribution in [0.5, 0.6) is 0 Å². The fourth-order valence-electron chi connectivity index (χ4n) is 3.66. The predicted octanol–water partition coefficient (Wildman–Crippen LogP) is 2.41. The van der Waals surface area contributed by atoms with E-state index in [1.54, 1.807) is 16.4 Å². The lowest BCUT2D eigenvalue weighted by Crippen LogP contribution is -2.47. The van der Waals surface area contributed by atoms with Gasteiger partial charge in [-0.05, 0) is 44.7 Å². The van der Waals surface area contributed by atoms with E-state index in [1.165, 1.54) is 13.0 Å². The molecule has 3 rings (SSSR count). The van der Waals surface area contributed by atoms with Crippen LogP contribution in [0, 0.1) is 5.82 Å². The Kier molecular flexibility index (Phi) is 5.94. The second kappa shape index (κ2) is 8.02. The number of anilines is 1. The van der Waals surface area contributed by atoms with Crippen LogP contribution in [0.2, 0.25) is 0 Å². The predicted molar refractivity (Wildman–Crippen MR) is 97.4 cm³/mol. The summed E-state index contributed by atoms with van der Waals surface area (Å²) in [5, 5.41) is 2.87. The Hall–Kier alpha value is -1.51. The number of hydrogen-bond donors (Lipinski definition) is 1. The number of rotatable bonds is 5. The van der Waals surface area contributed by atoms with Crippen LogP contribution in [0.4, 0.5) is 10.1 Å². The van der Waals surface area contributed by atoms with Crippen LogP contribution in [-0.4, -0.2) is 56.1 Å². The van der Waals surface area contributed by atoms with Gasteiger partial charge in [0, 0.05) is 38.0 Å². The van der Waals surface area contributed by atoms with E-state index in [1.807, 2.05) is 0 Å². The molecular weight excluding hydrogens is 359 g/mol. The van der Waals surface area contributed by atoms with E-state index in [2.05, 4.69) is 5.32 Å². The standard InChI is InChI=1S/C18H25FN2O4S/c1-13(22)18-16(19)3-2-4-17(18)20-14-5-9-21(10-6-14)26(23,24)15-7-11-25-12-8-15/h2-4,14-15,20H,5-12H2,1H3. The SMILES string of the molecule is CC(=O)c1c(F)cccc1NC1CCN(S(=O)(=O)C2CCOCC2)CC1. The van der Waals surface area contributed by atoms with Crippen molar-refractivity contribution in [2.24, 2.45) is 0 Å². The number of sulfonamides is 1. The van der Waals surface area contributed by atoms with Gasteiger partial charge in [0.2, 0.25) is 10.0 Å². The largest absolute Gasteiger partial charge is 0.382 e. The first-order valence-corrected chi connectivity index (χ1v) is 10.5. The smallest absolute Gasteiger partial charge is 0.217 e.